The van der Waals surface area contributed by atoms with Crippen LogP contribution in [0.5, 0.6) is 0 Å². The molecule has 0 unspecified atom stereocenters. The van der Waals surface area contributed by atoms with Crippen LogP contribution in [0.1, 0.15) is 13.8 Å². The van der Waals surface area contributed by atoms with E-state index >= 15 is 0 Å². The molecule has 1 aliphatic rings. The number of nitrogens with zero attached hydrogens (tertiary/aromatic N) is 3. The molecule has 0 fully saturated rings. The summed E-state index contributed by atoms with van der Waals surface area (Å²) in [5, 5.41) is 0.953. The van der Waals surface area contributed by atoms with Crippen molar-refractivity contribution in [2.24, 2.45) is 9.98 Å². The maximum absolute atomic E-state index is 4.71. The minimum atomic E-state index is 0.241. The van der Waals surface area contributed by atoms with Crippen LogP contribution in [0.2, 0.25) is 0 Å². The Hall–Kier alpha value is -2.46. The number of thioether (sulfide) groups is 1. The number of aliphatic imine (C=N–C) groups is 2. The molecule has 0 spiro atoms. The van der Waals surface area contributed by atoms with Crippen LogP contribution in [-0.4, -0.2) is 22.4 Å². The van der Waals surface area contributed by atoms with Gasteiger partial charge in [-0.3, -0.25) is 4.99 Å². The normalized spacial score (nSPS) is 17.5. The van der Waals surface area contributed by atoms with E-state index in [1.54, 1.807) is 18.0 Å². The summed E-state index contributed by atoms with van der Waals surface area (Å²) in [6, 6.07) is 16.1. The van der Waals surface area contributed by atoms with Gasteiger partial charge in [0.15, 0.2) is 0 Å². The molecule has 1 aromatic carbocycles. The van der Waals surface area contributed by atoms with Gasteiger partial charge in [0.2, 0.25) is 0 Å². The van der Waals surface area contributed by atoms with Gasteiger partial charge in [0.1, 0.15) is 5.03 Å². The van der Waals surface area contributed by atoms with Gasteiger partial charge in [0, 0.05) is 17.1 Å². The summed E-state index contributed by atoms with van der Waals surface area (Å²) < 4.78 is 0. The molecule has 0 N–H and O–H groups in total. The molecule has 24 heavy (non-hydrogen) atoms. The Morgan fingerprint density at radius 2 is 1.75 bits per heavy atom. The number of rotatable bonds is 4. The predicted octanol–water partition coefficient (Wildman–Crippen LogP) is 5.25. The minimum absolute atomic E-state index is 0.241. The molecule has 0 saturated carbocycles. The monoisotopic (exact) mass is 333 g/mol. The highest BCUT2D eigenvalue weighted by molar-refractivity contribution is 8.04. The third-order valence-corrected chi connectivity index (χ3v) is 4.20. The number of benzene rings is 1. The van der Waals surface area contributed by atoms with Crippen LogP contribution in [0.4, 0.5) is 5.69 Å². The predicted molar refractivity (Wildman–Crippen MR) is 103 cm³/mol. The molecule has 4 heteroatoms. The Morgan fingerprint density at radius 1 is 0.958 bits per heavy atom. The van der Waals surface area contributed by atoms with Gasteiger partial charge >= 0.3 is 0 Å². The molecule has 1 aliphatic carbocycles. The highest BCUT2D eigenvalue weighted by atomic mass is 32.2. The lowest BCUT2D eigenvalue weighted by Crippen LogP contribution is -2.08. The van der Waals surface area contributed by atoms with Crippen LogP contribution >= 0.6 is 11.8 Å². The van der Waals surface area contributed by atoms with Gasteiger partial charge in [-0.2, -0.15) is 0 Å². The smallest absolute Gasteiger partial charge is 0.101 e. The molecule has 0 saturated heterocycles. The Morgan fingerprint density at radius 3 is 2.46 bits per heavy atom. The van der Waals surface area contributed by atoms with E-state index in [2.05, 4.69) is 29.9 Å². The van der Waals surface area contributed by atoms with Gasteiger partial charge in [0.05, 0.1) is 17.1 Å². The SMILES string of the molecule is CC(C)N=C1C=CC(=Nc2ccccc2)C=C1Sc1ccccn1. The quantitative estimate of drug-likeness (QED) is 0.717. The van der Waals surface area contributed by atoms with E-state index in [9.17, 15) is 0 Å². The van der Waals surface area contributed by atoms with E-state index < -0.39 is 0 Å². The molecule has 0 bridgehead atoms. The average molecular weight is 333 g/mol. The molecule has 0 radical (unpaired) electrons. The summed E-state index contributed by atoms with van der Waals surface area (Å²) in [5.74, 6) is 0. The van der Waals surface area contributed by atoms with E-state index in [0.717, 1.165) is 27.0 Å². The van der Waals surface area contributed by atoms with Gasteiger partial charge in [-0.15, -0.1) is 0 Å². The highest BCUT2D eigenvalue weighted by Gasteiger charge is 2.13. The summed E-state index contributed by atoms with van der Waals surface area (Å²) in [6.45, 7) is 4.16. The lowest BCUT2D eigenvalue weighted by atomic mass is 10.1. The first-order chi connectivity index (χ1) is 11.7. The zero-order valence-corrected chi connectivity index (χ0v) is 14.6. The third-order valence-electron chi connectivity index (χ3n) is 3.21. The lowest BCUT2D eigenvalue weighted by molar-refractivity contribution is 0.838. The van der Waals surface area contributed by atoms with Crippen LogP contribution in [0, 0.1) is 0 Å². The molecule has 3 nitrogen and oxygen atoms in total. The summed E-state index contributed by atoms with van der Waals surface area (Å²) in [7, 11) is 0. The van der Waals surface area contributed by atoms with Crippen molar-refractivity contribution in [2.75, 3.05) is 0 Å². The molecule has 2 aromatic rings. The highest BCUT2D eigenvalue weighted by Crippen LogP contribution is 2.29. The number of hydrogen-bond acceptors (Lipinski definition) is 4. The fourth-order valence-corrected chi connectivity index (χ4v) is 3.10. The van der Waals surface area contributed by atoms with E-state index in [1.165, 1.54) is 0 Å². The Kier molecular flexibility index (Phi) is 5.39. The number of pyridine rings is 1. The molecular weight excluding hydrogens is 314 g/mol. The molecule has 0 atom stereocenters. The zero-order valence-electron chi connectivity index (χ0n) is 13.8. The van der Waals surface area contributed by atoms with Crippen LogP contribution in [0.3, 0.4) is 0 Å². The Bertz CT molecular complexity index is 803. The molecule has 1 aromatic heterocycles. The summed E-state index contributed by atoms with van der Waals surface area (Å²) in [6.07, 6.45) is 7.93. The molecular formula is C20H19N3S. The number of hydrogen-bond donors (Lipinski definition) is 0. The number of allylic oxidation sites excluding steroid dienone is 4. The van der Waals surface area contributed by atoms with Gasteiger partial charge < -0.3 is 0 Å². The second-order valence-electron chi connectivity index (χ2n) is 5.59. The fraction of sp³-hybridized carbons (Fsp3) is 0.150. The molecule has 3 rings (SSSR count). The average Bonchev–Trinajstić information content (AvgIpc) is 2.59. The van der Waals surface area contributed by atoms with Crippen LogP contribution < -0.4 is 0 Å². The first-order valence-electron chi connectivity index (χ1n) is 7.91. The van der Waals surface area contributed by atoms with Crippen LogP contribution in [0.15, 0.2) is 92.9 Å². The van der Waals surface area contributed by atoms with Gasteiger partial charge in [-0.05, 0) is 56.3 Å². The van der Waals surface area contributed by atoms with Gasteiger partial charge in [-0.1, -0.05) is 36.0 Å². The van der Waals surface area contributed by atoms with Gasteiger partial charge in [0.25, 0.3) is 0 Å². The maximum atomic E-state index is 4.71. The van der Waals surface area contributed by atoms with Crippen molar-refractivity contribution in [3.63, 3.8) is 0 Å². The summed E-state index contributed by atoms with van der Waals surface area (Å²) in [5.41, 5.74) is 2.84. The van der Waals surface area contributed by atoms with E-state index in [0.29, 0.717) is 0 Å². The molecule has 0 aliphatic heterocycles. The van der Waals surface area contributed by atoms with E-state index in [-0.39, 0.29) is 6.04 Å². The van der Waals surface area contributed by atoms with E-state index in [1.807, 2.05) is 60.7 Å². The standard InChI is InChI=1S/C20H19N3S/c1-15(2)22-18-12-11-17(23-16-8-4-3-5-9-16)14-19(18)24-20-10-6-7-13-21-20/h3-15H,1-2H3. The van der Waals surface area contributed by atoms with Crippen molar-refractivity contribution in [3.05, 3.63) is 77.9 Å². The minimum Gasteiger partial charge on any atom is -0.281 e. The van der Waals surface area contributed by atoms with Crippen LogP contribution in [-0.2, 0) is 0 Å². The van der Waals surface area contributed by atoms with Crippen LogP contribution in [0.25, 0.3) is 0 Å². The summed E-state index contributed by atoms with van der Waals surface area (Å²) >= 11 is 1.62. The Balaban J connectivity index is 1.93. The topological polar surface area (TPSA) is 37.6 Å². The molecule has 1 heterocycles. The van der Waals surface area contributed by atoms with Gasteiger partial charge in [-0.25, -0.2) is 9.98 Å². The second kappa shape index (κ2) is 7.88. The summed E-state index contributed by atoms with van der Waals surface area (Å²) in [4.78, 5) is 14.9. The first kappa shape index (κ1) is 16.4. The second-order valence-corrected chi connectivity index (χ2v) is 6.65. The zero-order chi connectivity index (χ0) is 16.8. The molecule has 120 valence electrons. The van der Waals surface area contributed by atoms with Crippen molar-refractivity contribution < 1.29 is 0 Å². The van der Waals surface area contributed by atoms with E-state index in [4.69, 9.17) is 4.99 Å². The van der Waals surface area contributed by atoms with Crippen molar-refractivity contribution in [1.82, 2.24) is 4.98 Å². The maximum Gasteiger partial charge on any atom is 0.101 e. The third kappa shape index (κ3) is 4.52. The first-order valence-corrected chi connectivity index (χ1v) is 8.73. The Labute approximate surface area is 147 Å². The lowest BCUT2D eigenvalue weighted by Gasteiger charge is -2.13. The molecule has 0 amide bonds. The largest absolute Gasteiger partial charge is 0.281 e. The van der Waals surface area contributed by atoms with Crippen molar-refractivity contribution >= 4 is 28.9 Å². The van der Waals surface area contributed by atoms with Crippen molar-refractivity contribution in [3.8, 4) is 0 Å². The number of aromatic nitrogens is 1. The number of para-hydroxylation sites is 1. The van der Waals surface area contributed by atoms with Crippen molar-refractivity contribution in [1.29, 1.82) is 0 Å². The fourth-order valence-electron chi connectivity index (χ4n) is 2.21. The van der Waals surface area contributed by atoms with Crippen molar-refractivity contribution in [2.45, 2.75) is 24.9 Å².